The predicted octanol–water partition coefficient (Wildman–Crippen LogP) is 2.71. The third kappa shape index (κ3) is 5.21. The van der Waals surface area contributed by atoms with Gasteiger partial charge in [-0.15, -0.1) is 10.2 Å². The fraction of sp³-hybridized carbons (Fsp3) is 0.263. The minimum atomic E-state index is -3.74. The van der Waals surface area contributed by atoms with Crippen molar-refractivity contribution in [3.05, 3.63) is 54.5 Å². The van der Waals surface area contributed by atoms with Crippen molar-refractivity contribution in [1.82, 2.24) is 24.8 Å². The van der Waals surface area contributed by atoms with E-state index in [2.05, 4.69) is 25.2 Å². The number of nitrogens with one attached hydrogen (secondary N) is 2. The molecule has 1 aromatic carbocycles. The quantitative estimate of drug-likeness (QED) is 0.602. The van der Waals surface area contributed by atoms with E-state index in [1.54, 1.807) is 17.2 Å². The Morgan fingerprint density at radius 1 is 1.10 bits per heavy atom. The average molecular weight is 463 g/mol. The van der Waals surface area contributed by atoms with Crippen LogP contribution in [-0.4, -0.2) is 53.7 Å². The smallest absolute Gasteiger partial charge is 0.323 e. The Morgan fingerprint density at radius 2 is 1.84 bits per heavy atom. The van der Waals surface area contributed by atoms with Crippen LogP contribution in [0.25, 0.3) is 10.7 Å². The van der Waals surface area contributed by atoms with Crippen molar-refractivity contribution in [2.24, 2.45) is 0 Å². The highest BCUT2D eigenvalue weighted by Crippen LogP contribution is 2.25. The van der Waals surface area contributed by atoms with E-state index in [-0.39, 0.29) is 17.0 Å². The zero-order chi connectivity index (χ0) is 21.8. The van der Waals surface area contributed by atoms with Gasteiger partial charge in [-0.1, -0.05) is 17.4 Å². The lowest BCUT2D eigenvalue weighted by molar-refractivity contribution is 0.193. The van der Waals surface area contributed by atoms with Gasteiger partial charge in [-0.2, -0.15) is 0 Å². The third-order valence-electron chi connectivity index (χ3n) is 4.75. The summed E-state index contributed by atoms with van der Waals surface area (Å²) in [6.07, 6.45) is 2.58. The summed E-state index contributed by atoms with van der Waals surface area (Å²) < 4.78 is 40.5. The van der Waals surface area contributed by atoms with Gasteiger partial charge in [0.05, 0.1) is 4.90 Å². The molecule has 0 saturated carbocycles. The van der Waals surface area contributed by atoms with Crippen LogP contribution in [0.4, 0.5) is 14.3 Å². The van der Waals surface area contributed by atoms with E-state index < -0.39 is 15.8 Å². The highest BCUT2D eigenvalue weighted by molar-refractivity contribution is 7.89. The van der Waals surface area contributed by atoms with Gasteiger partial charge in [-0.25, -0.2) is 22.3 Å². The highest BCUT2D eigenvalue weighted by Gasteiger charge is 2.27. The standard InChI is InChI=1S/C19H19FN6O3S2/c20-13-4-6-15(7-5-13)31(28,29)25-14-8-11-26(12-9-14)19(27)22-18-24-23-17(30-18)16-3-1-2-10-21-16/h1-7,10,14,25H,8-9,11-12H2,(H,22,24,27). The molecule has 2 N–H and O–H groups in total. The Labute approximate surface area is 182 Å². The van der Waals surface area contributed by atoms with Gasteiger partial charge in [0.1, 0.15) is 11.5 Å². The number of aromatic nitrogens is 3. The van der Waals surface area contributed by atoms with Crippen molar-refractivity contribution >= 4 is 32.5 Å². The molecule has 31 heavy (non-hydrogen) atoms. The lowest BCUT2D eigenvalue weighted by Gasteiger charge is -2.31. The number of benzene rings is 1. The zero-order valence-electron chi connectivity index (χ0n) is 16.2. The van der Waals surface area contributed by atoms with Crippen molar-refractivity contribution in [2.45, 2.75) is 23.8 Å². The molecule has 3 heterocycles. The van der Waals surface area contributed by atoms with Crippen molar-refractivity contribution < 1.29 is 17.6 Å². The molecule has 0 atom stereocenters. The van der Waals surface area contributed by atoms with Crippen molar-refractivity contribution in [3.63, 3.8) is 0 Å². The van der Waals surface area contributed by atoms with Crippen LogP contribution in [0.2, 0.25) is 0 Å². The molecular formula is C19H19FN6O3S2. The van der Waals surface area contributed by atoms with Gasteiger partial charge in [0.2, 0.25) is 15.2 Å². The van der Waals surface area contributed by atoms with E-state index in [0.717, 1.165) is 12.1 Å². The van der Waals surface area contributed by atoms with E-state index in [4.69, 9.17) is 0 Å². The molecule has 3 aromatic rings. The number of rotatable bonds is 5. The number of piperidine rings is 1. The van der Waals surface area contributed by atoms with Gasteiger partial charge in [-0.3, -0.25) is 10.3 Å². The topological polar surface area (TPSA) is 117 Å². The van der Waals surface area contributed by atoms with Gasteiger partial charge in [0.25, 0.3) is 0 Å². The summed E-state index contributed by atoms with van der Waals surface area (Å²) in [5.74, 6) is -0.499. The number of nitrogens with zero attached hydrogens (tertiary/aromatic N) is 4. The maximum atomic E-state index is 13.0. The Bertz CT molecular complexity index is 1150. The number of halogens is 1. The molecule has 1 fully saturated rings. The largest absolute Gasteiger partial charge is 0.324 e. The molecule has 1 aliphatic rings. The Hall–Kier alpha value is -2.96. The minimum absolute atomic E-state index is 0.00838. The van der Waals surface area contributed by atoms with Crippen LogP contribution in [0, 0.1) is 5.82 Å². The summed E-state index contributed by atoms with van der Waals surface area (Å²) in [7, 11) is -3.74. The molecule has 12 heteroatoms. The number of urea groups is 1. The normalized spacial score (nSPS) is 15.1. The first kappa shape index (κ1) is 21.3. The molecule has 0 radical (unpaired) electrons. The molecule has 9 nitrogen and oxygen atoms in total. The first-order valence-corrected chi connectivity index (χ1v) is 11.8. The Balaban J connectivity index is 1.30. The van der Waals surface area contributed by atoms with Crippen LogP contribution in [0.15, 0.2) is 53.6 Å². The molecule has 162 valence electrons. The summed E-state index contributed by atoms with van der Waals surface area (Å²) in [5.41, 5.74) is 0.676. The molecule has 1 aliphatic heterocycles. The average Bonchev–Trinajstić information content (AvgIpc) is 3.23. The Morgan fingerprint density at radius 3 is 2.52 bits per heavy atom. The maximum absolute atomic E-state index is 13.0. The second-order valence-electron chi connectivity index (χ2n) is 6.89. The van der Waals surface area contributed by atoms with Crippen LogP contribution in [0.5, 0.6) is 0 Å². The summed E-state index contributed by atoms with van der Waals surface area (Å²) in [4.78, 5) is 18.3. The fourth-order valence-corrected chi connectivity index (χ4v) is 5.15. The predicted molar refractivity (Wildman–Crippen MR) is 113 cm³/mol. The van der Waals surface area contributed by atoms with Gasteiger partial charge in [0.15, 0.2) is 5.01 Å². The SMILES string of the molecule is O=C(Nc1nnc(-c2ccccn2)s1)N1CCC(NS(=O)(=O)c2ccc(F)cc2)CC1. The van der Waals surface area contributed by atoms with Crippen LogP contribution in [0.1, 0.15) is 12.8 Å². The van der Waals surface area contributed by atoms with Crippen molar-refractivity contribution in [3.8, 4) is 10.7 Å². The zero-order valence-corrected chi connectivity index (χ0v) is 17.9. The third-order valence-corrected chi connectivity index (χ3v) is 7.15. The van der Waals surface area contributed by atoms with E-state index in [1.807, 2.05) is 12.1 Å². The fourth-order valence-electron chi connectivity index (χ4n) is 3.14. The Kier molecular flexibility index (Phi) is 6.20. The molecule has 2 amide bonds. The van der Waals surface area contributed by atoms with Crippen molar-refractivity contribution in [1.29, 1.82) is 0 Å². The van der Waals surface area contributed by atoms with Gasteiger partial charge >= 0.3 is 6.03 Å². The number of likely N-dealkylation sites (tertiary alicyclic amines) is 1. The second kappa shape index (κ2) is 9.04. The maximum Gasteiger partial charge on any atom is 0.323 e. The molecule has 0 bridgehead atoms. The number of carbonyl (C=O) groups excluding carboxylic acids is 1. The number of hydrogen-bond acceptors (Lipinski definition) is 7. The van der Waals surface area contributed by atoms with E-state index in [1.165, 1.54) is 23.5 Å². The number of hydrogen-bond donors (Lipinski definition) is 2. The number of anilines is 1. The molecular weight excluding hydrogens is 443 g/mol. The lowest BCUT2D eigenvalue weighted by atomic mass is 10.1. The van der Waals surface area contributed by atoms with E-state index >= 15 is 0 Å². The first-order valence-electron chi connectivity index (χ1n) is 9.49. The van der Waals surface area contributed by atoms with Crippen LogP contribution >= 0.6 is 11.3 Å². The van der Waals surface area contributed by atoms with Crippen molar-refractivity contribution in [2.75, 3.05) is 18.4 Å². The van der Waals surface area contributed by atoms with Crippen LogP contribution in [0.3, 0.4) is 0 Å². The molecule has 0 aliphatic carbocycles. The number of sulfonamides is 1. The highest BCUT2D eigenvalue weighted by atomic mass is 32.2. The molecule has 1 saturated heterocycles. The molecule has 2 aromatic heterocycles. The minimum Gasteiger partial charge on any atom is -0.324 e. The summed E-state index contributed by atoms with van der Waals surface area (Å²) in [6, 6.07) is 9.49. The lowest BCUT2D eigenvalue weighted by Crippen LogP contribution is -2.47. The number of carbonyl (C=O) groups is 1. The monoisotopic (exact) mass is 462 g/mol. The molecule has 0 spiro atoms. The van der Waals surface area contributed by atoms with E-state index in [0.29, 0.717) is 41.8 Å². The molecule has 0 unspecified atom stereocenters. The summed E-state index contributed by atoms with van der Waals surface area (Å²) in [5, 5.41) is 11.7. The van der Waals surface area contributed by atoms with Gasteiger partial charge < -0.3 is 4.90 Å². The van der Waals surface area contributed by atoms with Crippen LogP contribution in [-0.2, 0) is 10.0 Å². The van der Waals surface area contributed by atoms with Gasteiger partial charge in [0, 0.05) is 25.3 Å². The van der Waals surface area contributed by atoms with Gasteiger partial charge in [-0.05, 0) is 49.2 Å². The first-order chi connectivity index (χ1) is 14.9. The number of amides is 2. The summed E-state index contributed by atoms with van der Waals surface area (Å²) in [6.45, 7) is 0.767. The summed E-state index contributed by atoms with van der Waals surface area (Å²) >= 11 is 1.22. The van der Waals surface area contributed by atoms with Crippen LogP contribution < -0.4 is 10.0 Å². The molecule has 4 rings (SSSR count). The second-order valence-corrected chi connectivity index (χ2v) is 9.59. The number of pyridine rings is 1. The van der Waals surface area contributed by atoms with E-state index in [9.17, 15) is 17.6 Å².